The molecular formula is C44H48N4O4. The van der Waals surface area contributed by atoms with Gasteiger partial charge in [-0.1, -0.05) is 50.8 Å². The number of allylic oxidation sites excluding steroid dienone is 4. The molecule has 2 aliphatic heterocycles. The first-order chi connectivity index (χ1) is 25.0. The van der Waals surface area contributed by atoms with Gasteiger partial charge in [-0.3, -0.25) is 9.59 Å². The van der Waals surface area contributed by atoms with Crippen molar-refractivity contribution in [3.8, 4) is 11.1 Å². The lowest BCUT2D eigenvalue weighted by molar-refractivity contribution is -0.141. The van der Waals surface area contributed by atoms with Gasteiger partial charge in [0.1, 0.15) is 0 Å². The van der Waals surface area contributed by atoms with Gasteiger partial charge in [0.25, 0.3) is 0 Å². The summed E-state index contributed by atoms with van der Waals surface area (Å²) in [6.07, 6.45) is 4.97. The minimum atomic E-state index is -0.263. The molecule has 0 atom stereocenters. The normalized spacial score (nSPS) is 12.8. The Bertz CT molecular complexity index is 2200. The van der Waals surface area contributed by atoms with Crippen LogP contribution in [0.25, 0.3) is 61.6 Å². The van der Waals surface area contributed by atoms with E-state index >= 15 is 0 Å². The Morgan fingerprint density at radius 2 is 1.13 bits per heavy atom. The van der Waals surface area contributed by atoms with Crippen molar-refractivity contribution in [2.24, 2.45) is 0 Å². The van der Waals surface area contributed by atoms with Gasteiger partial charge >= 0.3 is 11.9 Å². The van der Waals surface area contributed by atoms with Crippen LogP contribution in [-0.2, 0) is 31.9 Å². The molecule has 268 valence electrons. The maximum atomic E-state index is 12.4. The highest BCUT2D eigenvalue weighted by atomic mass is 16.5. The highest BCUT2D eigenvalue weighted by Crippen LogP contribution is 2.43. The van der Waals surface area contributed by atoms with Crippen LogP contribution in [0.5, 0.6) is 0 Å². The third-order valence-corrected chi connectivity index (χ3v) is 10.7. The van der Waals surface area contributed by atoms with E-state index in [9.17, 15) is 9.59 Å². The van der Waals surface area contributed by atoms with Crippen LogP contribution >= 0.6 is 0 Å². The van der Waals surface area contributed by atoms with Gasteiger partial charge in [-0.2, -0.15) is 0 Å². The van der Waals surface area contributed by atoms with Crippen LogP contribution in [0.15, 0.2) is 49.0 Å². The first-order valence-corrected chi connectivity index (χ1v) is 18.1. The van der Waals surface area contributed by atoms with E-state index in [1.54, 1.807) is 0 Å². The van der Waals surface area contributed by atoms with E-state index in [1.165, 1.54) is 25.4 Å². The molecule has 8 bridgehead atoms. The summed E-state index contributed by atoms with van der Waals surface area (Å²) in [5.74, 6) is -0.527. The number of nitrogens with one attached hydrogen (secondary N) is 2. The molecular weight excluding hydrogens is 649 g/mol. The molecule has 8 nitrogen and oxygen atoms in total. The van der Waals surface area contributed by atoms with Crippen LogP contribution in [0.3, 0.4) is 0 Å². The predicted molar refractivity (Wildman–Crippen MR) is 212 cm³/mol. The van der Waals surface area contributed by atoms with Crippen molar-refractivity contribution in [3.63, 3.8) is 0 Å². The summed E-state index contributed by atoms with van der Waals surface area (Å²) in [7, 11) is 2.83. The maximum Gasteiger partial charge on any atom is 0.305 e. The van der Waals surface area contributed by atoms with E-state index in [4.69, 9.17) is 19.4 Å². The van der Waals surface area contributed by atoms with Gasteiger partial charge in [-0.05, 0) is 127 Å². The molecule has 6 rings (SSSR count). The number of ether oxygens (including phenoxy) is 2. The second-order valence-electron chi connectivity index (χ2n) is 13.5. The van der Waals surface area contributed by atoms with Crippen molar-refractivity contribution in [1.29, 1.82) is 0 Å². The number of nitrogens with zero attached hydrogens (tertiary/aromatic N) is 2. The van der Waals surface area contributed by atoms with Gasteiger partial charge in [0.2, 0.25) is 0 Å². The number of methoxy groups -OCH3 is 2. The van der Waals surface area contributed by atoms with Crippen LogP contribution in [0.1, 0.15) is 104 Å². The highest BCUT2D eigenvalue weighted by molar-refractivity contribution is 6.02. The topological polar surface area (TPSA) is 110 Å². The summed E-state index contributed by atoms with van der Waals surface area (Å²) in [6, 6.07) is 14.8. The van der Waals surface area contributed by atoms with Crippen molar-refractivity contribution in [2.45, 2.75) is 80.1 Å². The molecule has 52 heavy (non-hydrogen) atoms. The zero-order valence-corrected chi connectivity index (χ0v) is 31.6. The Kier molecular flexibility index (Phi) is 10.5. The van der Waals surface area contributed by atoms with Gasteiger partial charge in [-0.15, -0.1) is 0 Å². The number of aromatic amines is 2. The average Bonchev–Trinajstić information content (AvgIpc) is 3.82. The van der Waals surface area contributed by atoms with E-state index in [0.717, 1.165) is 108 Å². The fourth-order valence-corrected chi connectivity index (χ4v) is 7.62. The lowest BCUT2D eigenvalue weighted by Gasteiger charge is -2.10. The molecule has 1 aromatic carbocycles. The number of aromatic nitrogens is 4. The molecule has 0 radical (unpaired) electrons. The number of aryl methyl sites for hydroxylation is 4. The van der Waals surface area contributed by atoms with Crippen molar-refractivity contribution >= 4 is 62.4 Å². The van der Waals surface area contributed by atoms with Crippen LogP contribution in [0.2, 0.25) is 0 Å². The first-order valence-electron chi connectivity index (χ1n) is 18.1. The van der Waals surface area contributed by atoms with Crippen molar-refractivity contribution in [1.82, 2.24) is 19.9 Å². The minimum Gasteiger partial charge on any atom is -0.469 e. The zero-order valence-electron chi connectivity index (χ0n) is 31.6. The number of H-pyrrole nitrogens is 2. The summed E-state index contributed by atoms with van der Waals surface area (Å²) in [4.78, 5) is 42.9. The number of hydrogen-bond acceptors (Lipinski definition) is 6. The van der Waals surface area contributed by atoms with Gasteiger partial charge in [0.15, 0.2) is 0 Å². The van der Waals surface area contributed by atoms with Crippen molar-refractivity contribution < 1.29 is 19.1 Å². The Hall–Kier alpha value is -5.50. The second kappa shape index (κ2) is 15.0. The third kappa shape index (κ3) is 6.65. The van der Waals surface area contributed by atoms with Crippen LogP contribution < -0.4 is 0 Å². The standard InChI is InChI=1S/C44H48N4O4/c1-10-28-13-15-29(16-14-28)42-43-26(6)30(11-2)36(47-43)21-34-24(4)32(17-19-40(49)51-8)38(45-34)23-39-33(18-20-41(50)52-9)25(5)35(46-39)22-37-31(12-3)27(7)44(42)48-37/h10,13-16,21-23,45-46H,1,11-12,17-20H2,2-9H3. The quantitative estimate of drug-likeness (QED) is 0.160. The molecule has 0 unspecified atom stereocenters. The fourth-order valence-electron chi connectivity index (χ4n) is 7.62. The van der Waals surface area contributed by atoms with Gasteiger partial charge in [0.05, 0.1) is 37.0 Å². The van der Waals surface area contributed by atoms with Crippen LogP contribution in [0.4, 0.5) is 0 Å². The summed E-state index contributed by atoms with van der Waals surface area (Å²) in [6.45, 7) is 16.8. The molecule has 0 spiro atoms. The van der Waals surface area contributed by atoms with Crippen LogP contribution in [-0.4, -0.2) is 46.1 Å². The average molecular weight is 697 g/mol. The smallest absolute Gasteiger partial charge is 0.305 e. The van der Waals surface area contributed by atoms with E-state index in [1.807, 2.05) is 6.08 Å². The highest BCUT2D eigenvalue weighted by Gasteiger charge is 2.26. The molecule has 2 N–H and O–H groups in total. The summed E-state index contributed by atoms with van der Waals surface area (Å²) in [5.41, 5.74) is 19.1. The van der Waals surface area contributed by atoms with Gasteiger partial charge in [0, 0.05) is 40.5 Å². The lowest BCUT2D eigenvalue weighted by atomic mass is 9.93. The molecule has 0 fully saturated rings. The second-order valence-corrected chi connectivity index (χ2v) is 13.5. The molecule has 0 saturated carbocycles. The summed E-state index contributed by atoms with van der Waals surface area (Å²) < 4.78 is 10.0. The van der Waals surface area contributed by atoms with E-state index in [0.29, 0.717) is 12.8 Å². The summed E-state index contributed by atoms with van der Waals surface area (Å²) in [5, 5.41) is 0. The Morgan fingerprint density at radius 1 is 0.692 bits per heavy atom. The molecule has 0 aliphatic carbocycles. The Balaban J connectivity index is 1.80. The first kappa shape index (κ1) is 36.3. The molecule has 0 amide bonds. The number of fused-ring (bicyclic) bond motifs is 8. The number of carbonyl (C=O) groups is 2. The Morgan fingerprint density at radius 3 is 1.52 bits per heavy atom. The zero-order chi connectivity index (χ0) is 37.3. The largest absolute Gasteiger partial charge is 0.469 e. The molecule has 4 aromatic rings. The molecule has 5 heterocycles. The fraction of sp³-hybridized carbons (Fsp3) is 0.318. The SMILES string of the molecule is C=Cc1ccc(-c2c3nc(cc4[nH]c(cc5[nH]c(cc6nc2C(C)=C6CC)c(C)c5CCC(=O)OC)c(CCC(=O)OC)c4C)C(CC)=C3C)cc1. The van der Waals surface area contributed by atoms with E-state index < -0.39 is 0 Å². The molecule has 0 saturated heterocycles. The Labute approximate surface area is 305 Å². The predicted octanol–water partition coefficient (Wildman–Crippen LogP) is 10.1. The molecule has 8 heteroatoms. The van der Waals surface area contributed by atoms with E-state index in [-0.39, 0.29) is 24.8 Å². The number of benzene rings is 1. The lowest BCUT2D eigenvalue weighted by Crippen LogP contribution is -2.02. The van der Waals surface area contributed by atoms with Gasteiger partial charge in [-0.25, -0.2) is 9.97 Å². The van der Waals surface area contributed by atoms with Crippen molar-refractivity contribution in [2.75, 3.05) is 14.2 Å². The number of hydrogen-bond donors (Lipinski definition) is 2. The molecule has 2 aliphatic rings. The number of rotatable bonds is 10. The summed E-state index contributed by atoms with van der Waals surface area (Å²) >= 11 is 0. The maximum absolute atomic E-state index is 12.4. The van der Waals surface area contributed by atoms with Gasteiger partial charge < -0.3 is 19.4 Å². The number of esters is 2. The van der Waals surface area contributed by atoms with E-state index in [2.05, 4.69) is 101 Å². The third-order valence-electron chi connectivity index (χ3n) is 10.7. The molecule has 3 aromatic heterocycles. The minimum absolute atomic E-state index is 0.248. The monoisotopic (exact) mass is 696 g/mol. The number of carbonyl (C=O) groups excluding carboxylic acids is 2. The van der Waals surface area contributed by atoms with Crippen LogP contribution in [0, 0.1) is 13.8 Å². The van der Waals surface area contributed by atoms with Crippen molar-refractivity contribution in [3.05, 3.63) is 99.6 Å².